The van der Waals surface area contributed by atoms with Gasteiger partial charge in [-0.2, -0.15) is 0 Å². The summed E-state index contributed by atoms with van der Waals surface area (Å²) in [6, 6.07) is 9.48. The summed E-state index contributed by atoms with van der Waals surface area (Å²) < 4.78 is 10.9. The number of piperidine rings is 1. The lowest BCUT2D eigenvalue weighted by molar-refractivity contribution is 0.0172. The Labute approximate surface area is 204 Å². The van der Waals surface area contributed by atoms with Crippen molar-refractivity contribution in [3.8, 4) is 5.75 Å². The lowest BCUT2D eigenvalue weighted by atomic mass is 9.89. The smallest absolute Gasteiger partial charge is 0.410 e. The van der Waals surface area contributed by atoms with Gasteiger partial charge in [0.25, 0.3) is 0 Å². The van der Waals surface area contributed by atoms with E-state index in [1.807, 2.05) is 78.8 Å². The minimum Gasteiger partial charge on any atom is -0.496 e. The van der Waals surface area contributed by atoms with E-state index in [1.54, 1.807) is 12.0 Å². The highest BCUT2D eigenvalue weighted by molar-refractivity contribution is 6.18. The third-order valence-electron chi connectivity index (χ3n) is 5.17. The van der Waals surface area contributed by atoms with Crippen LogP contribution in [0.15, 0.2) is 30.3 Å². The minimum absolute atomic E-state index is 0.0587. The third-order valence-corrected chi connectivity index (χ3v) is 5.44. The molecule has 0 N–H and O–H groups in total. The van der Waals surface area contributed by atoms with E-state index in [1.165, 1.54) is 0 Å². The quantitative estimate of drug-likeness (QED) is 0.338. The van der Waals surface area contributed by atoms with Crippen LogP contribution in [0, 0.1) is 5.92 Å². The van der Waals surface area contributed by atoms with Crippen LogP contribution < -0.4 is 4.74 Å². The Hall–Kier alpha value is -2.27. The van der Waals surface area contributed by atoms with Crippen LogP contribution in [0.1, 0.15) is 77.2 Å². The van der Waals surface area contributed by atoms with Gasteiger partial charge >= 0.3 is 6.09 Å². The summed E-state index contributed by atoms with van der Waals surface area (Å²) in [5.41, 5.74) is 1.02. The van der Waals surface area contributed by atoms with Gasteiger partial charge in [-0.3, -0.25) is 4.79 Å². The number of ether oxygens (including phenoxy) is 2. The Morgan fingerprint density at radius 1 is 1.09 bits per heavy atom. The summed E-state index contributed by atoms with van der Waals surface area (Å²) in [4.78, 5) is 27.2. The molecule has 1 amide bonds. The van der Waals surface area contributed by atoms with Crippen molar-refractivity contribution in [3.05, 3.63) is 41.5 Å². The van der Waals surface area contributed by atoms with Gasteiger partial charge in [0, 0.05) is 30.1 Å². The maximum Gasteiger partial charge on any atom is 0.410 e. The Balaban J connectivity index is 0.00000129. The van der Waals surface area contributed by atoms with Gasteiger partial charge in [0.15, 0.2) is 5.78 Å². The van der Waals surface area contributed by atoms with E-state index >= 15 is 0 Å². The van der Waals surface area contributed by atoms with Crippen LogP contribution in [0.25, 0.3) is 10.8 Å². The van der Waals surface area contributed by atoms with Crippen molar-refractivity contribution in [1.82, 2.24) is 4.90 Å². The zero-order chi connectivity index (χ0) is 25.2. The molecule has 6 heteroatoms. The van der Waals surface area contributed by atoms with Gasteiger partial charge in [0.05, 0.1) is 13.0 Å². The number of methoxy groups -OCH3 is 1. The molecule has 1 aliphatic heterocycles. The highest BCUT2D eigenvalue weighted by Gasteiger charge is 2.31. The molecule has 1 atom stereocenters. The van der Waals surface area contributed by atoms with E-state index in [0.717, 1.165) is 34.9 Å². The molecule has 2 aromatic rings. The standard InChI is InChI=1S/C23H28ClNO4.2C2H6/c1-23(2,3)29-22(27)25-11-5-6-17(14-25)21(26)16-7-9-18-15(12-16)8-10-20(28-4)19(18)13-24;2*1-2/h7-10,12,17H,5-6,11,13-14H2,1-4H3;2*1-2H3. The van der Waals surface area contributed by atoms with Crippen LogP contribution in [-0.4, -0.2) is 42.6 Å². The van der Waals surface area contributed by atoms with Crippen molar-refractivity contribution in [2.45, 2.75) is 72.8 Å². The number of halogens is 1. The van der Waals surface area contributed by atoms with E-state index in [2.05, 4.69) is 0 Å². The molecule has 0 radical (unpaired) electrons. The number of amides is 1. The molecule has 1 aliphatic rings. The topological polar surface area (TPSA) is 55.8 Å². The first kappa shape index (κ1) is 28.8. The number of hydrogen-bond donors (Lipinski definition) is 0. The molecule has 0 bridgehead atoms. The molecule has 3 rings (SSSR count). The molecule has 1 fully saturated rings. The van der Waals surface area contributed by atoms with Crippen LogP contribution in [0.2, 0.25) is 0 Å². The molecule has 0 saturated carbocycles. The number of alkyl halides is 1. The molecular weight excluding hydrogens is 438 g/mol. The SMILES string of the molecule is CC.CC.COc1ccc2cc(C(=O)C3CCCN(C(=O)OC(C)(C)C)C3)ccc2c1CCl. The number of carbonyl (C=O) groups is 2. The minimum atomic E-state index is -0.548. The average Bonchev–Trinajstić information content (AvgIpc) is 2.84. The molecule has 1 saturated heterocycles. The largest absolute Gasteiger partial charge is 0.496 e. The number of benzene rings is 2. The van der Waals surface area contributed by atoms with Gasteiger partial charge in [0.1, 0.15) is 11.4 Å². The van der Waals surface area contributed by atoms with Gasteiger partial charge in [0.2, 0.25) is 0 Å². The molecule has 33 heavy (non-hydrogen) atoms. The lowest BCUT2D eigenvalue weighted by Gasteiger charge is -2.33. The van der Waals surface area contributed by atoms with Gasteiger partial charge in [-0.25, -0.2) is 4.79 Å². The Morgan fingerprint density at radius 2 is 1.76 bits per heavy atom. The number of fused-ring (bicyclic) bond motifs is 1. The number of carbonyl (C=O) groups excluding carboxylic acids is 2. The molecular formula is C27H40ClNO4. The Morgan fingerprint density at radius 3 is 2.33 bits per heavy atom. The lowest BCUT2D eigenvalue weighted by Crippen LogP contribution is -2.44. The van der Waals surface area contributed by atoms with Crippen molar-refractivity contribution in [2.75, 3.05) is 20.2 Å². The van der Waals surface area contributed by atoms with Crippen LogP contribution in [-0.2, 0) is 10.6 Å². The highest BCUT2D eigenvalue weighted by Crippen LogP contribution is 2.31. The fourth-order valence-electron chi connectivity index (χ4n) is 3.78. The summed E-state index contributed by atoms with van der Waals surface area (Å²) in [7, 11) is 1.62. The summed E-state index contributed by atoms with van der Waals surface area (Å²) >= 11 is 6.11. The molecule has 0 aromatic heterocycles. The number of nitrogens with zero attached hydrogens (tertiary/aromatic N) is 1. The molecule has 2 aromatic carbocycles. The number of likely N-dealkylation sites (tertiary alicyclic amines) is 1. The van der Waals surface area contributed by atoms with Crippen molar-refractivity contribution >= 4 is 34.2 Å². The van der Waals surface area contributed by atoms with Crippen molar-refractivity contribution < 1.29 is 19.1 Å². The predicted octanol–water partition coefficient (Wildman–Crippen LogP) is 7.47. The van der Waals surface area contributed by atoms with Gasteiger partial charge in [-0.05, 0) is 56.5 Å². The zero-order valence-corrected chi connectivity index (χ0v) is 22.2. The van der Waals surface area contributed by atoms with E-state index in [4.69, 9.17) is 21.1 Å². The summed E-state index contributed by atoms with van der Waals surface area (Å²) in [5.74, 6) is 0.913. The van der Waals surface area contributed by atoms with Gasteiger partial charge < -0.3 is 14.4 Å². The molecule has 0 spiro atoms. The second-order valence-electron chi connectivity index (χ2n) is 8.45. The summed E-state index contributed by atoms with van der Waals surface area (Å²) in [6.07, 6.45) is 1.20. The van der Waals surface area contributed by atoms with Crippen molar-refractivity contribution in [1.29, 1.82) is 0 Å². The first-order valence-corrected chi connectivity index (χ1v) is 12.4. The van der Waals surface area contributed by atoms with E-state index in [0.29, 0.717) is 24.5 Å². The van der Waals surface area contributed by atoms with E-state index in [9.17, 15) is 9.59 Å². The summed E-state index contributed by atoms with van der Waals surface area (Å²) in [5, 5.41) is 1.93. The third kappa shape index (κ3) is 7.63. The molecule has 0 aliphatic carbocycles. The van der Waals surface area contributed by atoms with Crippen LogP contribution in [0.3, 0.4) is 0 Å². The second kappa shape index (κ2) is 13.4. The van der Waals surface area contributed by atoms with Crippen LogP contribution in [0.5, 0.6) is 5.75 Å². The second-order valence-corrected chi connectivity index (χ2v) is 8.71. The maximum absolute atomic E-state index is 13.1. The van der Waals surface area contributed by atoms with Crippen molar-refractivity contribution in [2.24, 2.45) is 5.92 Å². The molecule has 1 heterocycles. The van der Waals surface area contributed by atoms with Crippen LogP contribution >= 0.6 is 11.6 Å². The molecule has 1 unspecified atom stereocenters. The highest BCUT2D eigenvalue weighted by atomic mass is 35.5. The Kier molecular flexibility index (Phi) is 11.7. The summed E-state index contributed by atoms with van der Waals surface area (Å²) in [6.45, 7) is 14.5. The zero-order valence-electron chi connectivity index (χ0n) is 21.5. The maximum atomic E-state index is 13.1. The van der Waals surface area contributed by atoms with Crippen LogP contribution in [0.4, 0.5) is 4.79 Å². The van der Waals surface area contributed by atoms with E-state index in [-0.39, 0.29) is 17.8 Å². The number of Topliss-reactive ketones (excluding diaryl/α,β-unsaturated/α-hetero) is 1. The van der Waals surface area contributed by atoms with Crippen molar-refractivity contribution in [3.63, 3.8) is 0 Å². The first-order valence-electron chi connectivity index (χ1n) is 11.9. The predicted molar refractivity (Wildman–Crippen MR) is 138 cm³/mol. The Bertz CT molecular complexity index is 920. The molecule has 184 valence electrons. The number of hydrogen-bond acceptors (Lipinski definition) is 4. The fourth-order valence-corrected chi connectivity index (χ4v) is 4.05. The normalized spacial score (nSPS) is 15.5. The van der Waals surface area contributed by atoms with Gasteiger partial charge in [-0.1, -0.05) is 45.9 Å². The average molecular weight is 478 g/mol. The monoisotopic (exact) mass is 477 g/mol. The first-order chi connectivity index (χ1) is 15.7. The number of rotatable bonds is 4. The van der Waals surface area contributed by atoms with Gasteiger partial charge in [-0.15, -0.1) is 11.6 Å². The molecule has 5 nitrogen and oxygen atoms in total. The fraction of sp³-hybridized carbons (Fsp3) is 0.556. The number of ketones is 1. The van der Waals surface area contributed by atoms with E-state index < -0.39 is 5.60 Å².